The van der Waals surface area contributed by atoms with E-state index in [1.807, 2.05) is 23.5 Å². The Labute approximate surface area is 107 Å². The number of benzene rings is 1. The highest BCUT2D eigenvalue weighted by atomic mass is 32.1. The van der Waals surface area contributed by atoms with Crippen LogP contribution in [0, 0.1) is 6.92 Å². The maximum absolute atomic E-state index is 5.92. The average Bonchev–Trinajstić information content (AvgIpc) is 2.82. The van der Waals surface area contributed by atoms with Crippen molar-refractivity contribution in [3.63, 3.8) is 0 Å². The highest BCUT2D eigenvalue weighted by Gasteiger charge is 2.06. The normalized spacial score (nSPS) is 10.5. The third-order valence-electron chi connectivity index (χ3n) is 3.03. The van der Waals surface area contributed by atoms with Gasteiger partial charge in [0.15, 0.2) is 0 Å². The molecule has 90 valence electrons. The summed E-state index contributed by atoms with van der Waals surface area (Å²) in [6.45, 7) is 3.09. The Morgan fingerprint density at radius 1 is 1.24 bits per heavy atom. The van der Waals surface area contributed by atoms with Crippen molar-refractivity contribution >= 4 is 22.7 Å². The van der Waals surface area contributed by atoms with E-state index in [9.17, 15) is 0 Å². The van der Waals surface area contributed by atoms with Gasteiger partial charge in [-0.1, -0.05) is 12.1 Å². The van der Waals surface area contributed by atoms with Crippen LogP contribution in [-0.2, 0) is 6.42 Å². The maximum atomic E-state index is 5.92. The molecule has 0 radical (unpaired) electrons. The molecule has 1 heterocycles. The van der Waals surface area contributed by atoms with Gasteiger partial charge in [-0.15, -0.1) is 11.3 Å². The first-order chi connectivity index (χ1) is 8.18. The van der Waals surface area contributed by atoms with Gasteiger partial charge in [0.25, 0.3) is 0 Å². The molecule has 0 saturated carbocycles. The zero-order valence-corrected chi connectivity index (χ0v) is 11.1. The fraction of sp³-hybridized carbons (Fsp3) is 0.286. The summed E-state index contributed by atoms with van der Waals surface area (Å²) in [7, 11) is 2.12. The van der Waals surface area contributed by atoms with E-state index in [2.05, 4.69) is 42.5 Å². The lowest BCUT2D eigenvalue weighted by Crippen LogP contribution is -2.21. The molecule has 0 aliphatic heterocycles. The quantitative estimate of drug-likeness (QED) is 0.839. The Bertz CT molecular complexity index is 477. The molecule has 0 fully saturated rings. The van der Waals surface area contributed by atoms with Gasteiger partial charge < -0.3 is 10.6 Å². The van der Waals surface area contributed by atoms with E-state index in [-0.39, 0.29) is 0 Å². The molecule has 0 unspecified atom stereocenters. The SMILES string of the molecule is Cc1c(N)cccc1N(C)CCc1cccs1. The van der Waals surface area contributed by atoms with E-state index in [4.69, 9.17) is 5.73 Å². The van der Waals surface area contributed by atoms with Crippen LogP contribution in [-0.4, -0.2) is 13.6 Å². The number of likely N-dealkylation sites (N-methyl/N-ethyl adjacent to an activating group) is 1. The summed E-state index contributed by atoms with van der Waals surface area (Å²) in [6.07, 6.45) is 1.09. The molecule has 0 saturated heterocycles. The Hall–Kier alpha value is -1.48. The summed E-state index contributed by atoms with van der Waals surface area (Å²) in [4.78, 5) is 3.70. The van der Waals surface area contributed by atoms with Crippen LogP contribution < -0.4 is 10.6 Å². The highest BCUT2D eigenvalue weighted by molar-refractivity contribution is 7.09. The lowest BCUT2D eigenvalue weighted by Gasteiger charge is -2.21. The van der Waals surface area contributed by atoms with Crippen molar-refractivity contribution in [1.29, 1.82) is 0 Å². The molecule has 3 heteroatoms. The van der Waals surface area contributed by atoms with Gasteiger partial charge in [-0.2, -0.15) is 0 Å². The second-order valence-corrected chi connectivity index (χ2v) is 5.27. The van der Waals surface area contributed by atoms with Crippen LogP contribution in [0.5, 0.6) is 0 Å². The van der Waals surface area contributed by atoms with E-state index >= 15 is 0 Å². The van der Waals surface area contributed by atoms with Gasteiger partial charge in [0.1, 0.15) is 0 Å². The van der Waals surface area contributed by atoms with Crippen LogP contribution in [0.2, 0.25) is 0 Å². The number of anilines is 2. The smallest absolute Gasteiger partial charge is 0.0414 e. The summed E-state index contributed by atoms with van der Waals surface area (Å²) in [5.41, 5.74) is 9.18. The van der Waals surface area contributed by atoms with Crippen LogP contribution in [0.4, 0.5) is 11.4 Å². The summed E-state index contributed by atoms with van der Waals surface area (Å²) in [5, 5.41) is 2.13. The largest absolute Gasteiger partial charge is 0.398 e. The van der Waals surface area contributed by atoms with Gasteiger partial charge in [-0.25, -0.2) is 0 Å². The van der Waals surface area contributed by atoms with Crippen molar-refractivity contribution in [2.24, 2.45) is 0 Å². The molecule has 2 N–H and O–H groups in total. The van der Waals surface area contributed by atoms with E-state index < -0.39 is 0 Å². The molecule has 2 nitrogen and oxygen atoms in total. The number of thiophene rings is 1. The van der Waals surface area contributed by atoms with Gasteiger partial charge in [-0.3, -0.25) is 0 Å². The number of hydrogen-bond acceptors (Lipinski definition) is 3. The lowest BCUT2D eigenvalue weighted by atomic mass is 10.1. The molecule has 0 atom stereocenters. The summed E-state index contributed by atoms with van der Waals surface area (Å²) < 4.78 is 0. The number of nitrogen functional groups attached to an aromatic ring is 1. The minimum atomic E-state index is 0.866. The van der Waals surface area contributed by atoms with E-state index in [1.165, 1.54) is 16.1 Å². The minimum absolute atomic E-state index is 0.866. The molecular weight excluding hydrogens is 228 g/mol. The van der Waals surface area contributed by atoms with Gasteiger partial charge in [-0.05, 0) is 42.5 Å². The van der Waals surface area contributed by atoms with Crippen molar-refractivity contribution in [2.45, 2.75) is 13.3 Å². The molecular formula is C14H18N2S. The van der Waals surface area contributed by atoms with E-state index in [1.54, 1.807) is 0 Å². The summed E-state index contributed by atoms with van der Waals surface area (Å²) in [5.74, 6) is 0. The van der Waals surface area contributed by atoms with Crippen molar-refractivity contribution in [3.8, 4) is 0 Å². The molecule has 0 amide bonds. The van der Waals surface area contributed by atoms with Crippen molar-refractivity contribution in [3.05, 3.63) is 46.2 Å². The fourth-order valence-corrected chi connectivity index (χ4v) is 2.61. The molecule has 0 spiro atoms. The fourth-order valence-electron chi connectivity index (χ4n) is 1.91. The van der Waals surface area contributed by atoms with Crippen molar-refractivity contribution < 1.29 is 0 Å². The standard InChI is InChI=1S/C14H18N2S/c1-11-13(15)6-3-7-14(11)16(2)9-8-12-5-4-10-17-12/h3-7,10H,8-9,15H2,1-2H3. The van der Waals surface area contributed by atoms with E-state index in [0.29, 0.717) is 0 Å². The predicted octanol–water partition coefficient (Wildman–Crippen LogP) is 3.32. The first kappa shape index (κ1) is 12.0. The Morgan fingerprint density at radius 2 is 2.06 bits per heavy atom. The monoisotopic (exact) mass is 246 g/mol. The van der Waals surface area contributed by atoms with Crippen molar-refractivity contribution in [1.82, 2.24) is 0 Å². The molecule has 0 aliphatic carbocycles. The maximum Gasteiger partial charge on any atom is 0.0414 e. The first-order valence-electron chi connectivity index (χ1n) is 5.77. The molecule has 0 bridgehead atoms. The second-order valence-electron chi connectivity index (χ2n) is 4.24. The molecule has 1 aromatic carbocycles. The summed E-state index contributed by atoms with van der Waals surface area (Å²) in [6, 6.07) is 10.4. The number of nitrogens with two attached hydrogens (primary N) is 1. The lowest BCUT2D eigenvalue weighted by molar-refractivity contribution is 0.884. The van der Waals surface area contributed by atoms with Gasteiger partial charge in [0, 0.05) is 29.8 Å². The zero-order valence-electron chi connectivity index (χ0n) is 10.3. The third-order valence-corrected chi connectivity index (χ3v) is 3.97. The number of nitrogens with zero attached hydrogens (tertiary/aromatic N) is 1. The predicted molar refractivity (Wildman–Crippen MR) is 76.9 cm³/mol. The van der Waals surface area contributed by atoms with Crippen LogP contribution >= 0.6 is 11.3 Å². The van der Waals surface area contributed by atoms with Crippen LogP contribution in [0.1, 0.15) is 10.4 Å². The molecule has 1 aromatic heterocycles. The minimum Gasteiger partial charge on any atom is -0.398 e. The zero-order chi connectivity index (χ0) is 12.3. The molecule has 2 aromatic rings. The second kappa shape index (κ2) is 5.23. The van der Waals surface area contributed by atoms with Crippen LogP contribution in [0.15, 0.2) is 35.7 Å². The Balaban J connectivity index is 2.04. The average molecular weight is 246 g/mol. The topological polar surface area (TPSA) is 29.3 Å². The number of rotatable bonds is 4. The van der Waals surface area contributed by atoms with Gasteiger partial charge >= 0.3 is 0 Å². The molecule has 17 heavy (non-hydrogen) atoms. The van der Waals surface area contributed by atoms with Crippen molar-refractivity contribution in [2.75, 3.05) is 24.2 Å². The first-order valence-corrected chi connectivity index (χ1v) is 6.65. The summed E-state index contributed by atoms with van der Waals surface area (Å²) >= 11 is 1.82. The Morgan fingerprint density at radius 3 is 2.76 bits per heavy atom. The Kier molecular flexibility index (Phi) is 3.69. The van der Waals surface area contributed by atoms with Crippen LogP contribution in [0.3, 0.4) is 0 Å². The van der Waals surface area contributed by atoms with Gasteiger partial charge in [0.2, 0.25) is 0 Å². The van der Waals surface area contributed by atoms with Crippen LogP contribution in [0.25, 0.3) is 0 Å². The highest BCUT2D eigenvalue weighted by Crippen LogP contribution is 2.24. The van der Waals surface area contributed by atoms with E-state index in [0.717, 1.165) is 18.7 Å². The molecule has 2 rings (SSSR count). The van der Waals surface area contributed by atoms with Gasteiger partial charge in [0.05, 0.1) is 0 Å². The third kappa shape index (κ3) is 2.80. The number of hydrogen-bond donors (Lipinski definition) is 1. The molecule has 0 aliphatic rings.